The first-order valence-electron chi connectivity index (χ1n) is 7.14. The average Bonchev–Trinajstić information content (AvgIpc) is 2.29. The Balaban J connectivity index is 2.26. The molecule has 0 radical (unpaired) electrons. The second kappa shape index (κ2) is 7.59. The second-order valence-electron chi connectivity index (χ2n) is 6.24. The molecule has 1 aliphatic heterocycles. The number of amides is 1. The number of hydrogen-bond acceptors (Lipinski definition) is 4. The molecule has 1 atom stereocenters. The summed E-state index contributed by atoms with van der Waals surface area (Å²) in [5.41, 5.74) is -0.240. The lowest BCUT2D eigenvalue weighted by molar-refractivity contribution is -0.139. The van der Waals surface area contributed by atoms with Crippen LogP contribution in [0, 0.1) is 11.8 Å². The maximum atomic E-state index is 11.7. The summed E-state index contributed by atoms with van der Waals surface area (Å²) in [4.78, 5) is 22.5. The molecule has 6 heteroatoms. The van der Waals surface area contributed by atoms with Crippen molar-refractivity contribution in [1.82, 2.24) is 10.6 Å². The molecule has 1 aliphatic rings. The minimum absolute atomic E-state index is 0.0274. The predicted molar refractivity (Wildman–Crippen MR) is 75.4 cm³/mol. The third kappa shape index (κ3) is 6.34. The van der Waals surface area contributed by atoms with Gasteiger partial charge in [0.25, 0.3) is 0 Å². The van der Waals surface area contributed by atoms with Gasteiger partial charge >= 0.3 is 5.97 Å². The van der Waals surface area contributed by atoms with Crippen molar-refractivity contribution >= 4 is 11.9 Å². The molecule has 3 N–H and O–H groups in total. The molecule has 1 saturated heterocycles. The van der Waals surface area contributed by atoms with Crippen molar-refractivity contribution in [3.05, 3.63) is 0 Å². The second-order valence-corrected chi connectivity index (χ2v) is 6.24. The fourth-order valence-electron chi connectivity index (χ4n) is 2.28. The highest BCUT2D eigenvalue weighted by Gasteiger charge is 2.33. The van der Waals surface area contributed by atoms with E-state index in [1.165, 1.54) is 0 Å². The van der Waals surface area contributed by atoms with Crippen LogP contribution < -0.4 is 10.6 Å². The van der Waals surface area contributed by atoms with E-state index in [1.54, 1.807) is 0 Å². The number of ether oxygens (including phenoxy) is 1. The topological polar surface area (TPSA) is 87.7 Å². The number of carboxylic acids is 1. The van der Waals surface area contributed by atoms with Gasteiger partial charge in [0.2, 0.25) is 5.91 Å². The summed E-state index contributed by atoms with van der Waals surface area (Å²) in [7, 11) is 0. The van der Waals surface area contributed by atoms with Gasteiger partial charge in [-0.15, -0.1) is 0 Å². The zero-order valence-electron chi connectivity index (χ0n) is 12.6. The maximum Gasteiger partial charge on any atom is 0.303 e. The highest BCUT2D eigenvalue weighted by Crippen LogP contribution is 2.16. The Morgan fingerprint density at radius 2 is 2.05 bits per heavy atom. The fourth-order valence-corrected chi connectivity index (χ4v) is 2.28. The first-order valence-corrected chi connectivity index (χ1v) is 7.14. The molecular formula is C14H26N2O4. The van der Waals surface area contributed by atoms with E-state index in [9.17, 15) is 9.59 Å². The van der Waals surface area contributed by atoms with Gasteiger partial charge in [-0.05, 0) is 25.2 Å². The number of carbonyl (C=O) groups is 2. The van der Waals surface area contributed by atoms with E-state index in [1.807, 2.05) is 20.8 Å². The van der Waals surface area contributed by atoms with Gasteiger partial charge < -0.3 is 20.5 Å². The number of nitrogens with one attached hydrogen (secondary N) is 2. The van der Waals surface area contributed by atoms with Crippen molar-refractivity contribution in [3.63, 3.8) is 0 Å². The Kier molecular flexibility index (Phi) is 6.42. The average molecular weight is 286 g/mol. The molecule has 0 aromatic rings. The molecule has 0 spiro atoms. The molecule has 0 saturated carbocycles. The largest absolute Gasteiger partial charge is 0.481 e. The monoisotopic (exact) mass is 286 g/mol. The van der Waals surface area contributed by atoms with Crippen molar-refractivity contribution in [2.75, 3.05) is 26.2 Å². The normalized spacial score (nSPS) is 18.4. The Morgan fingerprint density at radius 3 is 2.50 bits per heavy atom. The van der Waals surface area contributed by atoms with Crippen LogP contribution in [0.4, 0.5) is 0 Å². The highest BCUT2D eigenvalue weighted by molar-refractivity contribution is 5.77. The molecule has 20 heavy (non-hydrogen) atoms. The van der Waals surface area contributed by atoms with Crippen molar-refractivity contribution in [3.8, 4) is 0 Å². The van der Waals surface area contributed by atoms with E-state index >= 15 is 0 Å². The lowest BCUT2D eigenvalue weighted by Gasteiger charge is -2.38. The van der Waals surface area contributed by atoms with Crippen LogP contribution >= 0.6 is 0 Å². The van der Waals surface area contributed by atoms with Gasteiger partial charge in [-0.1, -0.05) is 13.8 Å². The SMILES string of the molecule is CC(C)CC(CNC(=O)COC1(C)CNC1)CC(=O)O. The molecule has 0 aromatic heterocycles. The Bertz CT molecular complexity index is 340. The van der Waals surface area contributed by atoms with Crippen LogP contribution in [0.5, 0.6) is 0 Å². The van der Waals surface area contributed by atoms with Gasteiger partial charge in [0, 0.05) is 26.1 Å². The van der Waals surface area contributed by atoms with Crippen LogP contribution in [0.2, 0.25) is 0 Å². The van der Waals surface area contributed by atoms with Crippen LogP contribution in [0.1, 0.15) is 33.6 Å². The molecule has 0 bridgehead atoms. The summed E-state index contributed by atoms with van der Waals surface area (Å²) in [6.07, 6.45) is 0.871. The summed E-state index contributed by atoms with van der Waals surface area (Å²) in [5.74, 6) is -0.628. The lowest BCUT2D eigenvalue weighted by atomic mass is 9.94. The summed E-state index contributed by atoms with van der Waals surface area (Å²) in [5, 5.41) is 14.7. The number of aliphatic carboxylic acids is 1. The summed E-state index contributed by atoms with van der Waals surface area (Å²) >= 11 is 0. The van der Waals surface area contributed by atoms with Crippen LogP contribution in [-0.4, -0.2) is 48.8 Å². The van der Waals surface area contributed by atoms with Gasteiger partial charge in [-0.3, -0.25) is 9.59 Å². The highest BCUT2D eigenvalue weighted by atomic mass is 16.5. The number of hydrogen-bond donors (Lipinski definition) is 3. The minimum atomic E-state index is -0.825. The third-order valence-electron chi connectivity index (χ3n) is 3.41. The van der Waals surface area contributed by atoms with E-state index < -0.39 is 5.97 Å². The zero-order chi connectivity index (χ0) is 15.2. The smallest absolute Gasteiger partial charge is 0.303 e. The van der Waals surface area contributed by atoms with Gasteiger partial charge in [0.15, 0.2) is 0 Å². The van der Waals surface area contributed by atoms with Gasteiger partial charge in [0.05, 0.1) is 5.60 Å². The molecule has 116 valence electrons. The summed E-state index contributed by atoms with van der Waals surface area (Å²) in [6, 6.07) is 0. The van der Waals surface area contributed by atoms with E-state index in [0.29, 0.717) is 12.5 Å². The standard InChI is InChI=1S/C14H26N2O4/c1-10(2)4-11(5-13(18)19)6-16-12(17)7-20-14(3)8-15-9-14/h10-11,15H,4-9H2,1-3H3,(H,16,17)(H,18,19). The Hall–Kier alpha value is -1.14. The molecule has 0 aliphatic carbocycles. The molecule has 1 unspecified atom stereocenters. The number of rotatable bonds is 9. The van der Waals surface area contributed by atoms with Crippen molar-refractivity contribution in [1.29, 1.82) is 0 Å². The van der Waals surface area contributed by atoms with Crippen molar-refractivity contribution < 1.29 is 19.4 Å². The summed E-state index contributed by atoms with van der Waals surface area (Å²) in [6.45, 7) is 7.99. The predicted octanol–water partition coefficient (Wildman–Crippen LogP) is 0.618. The minimum Gasteiger partial charge on any atom is -0.481 e. The van der Waals surface area contributed by atoms with Crippen molar-refractivity contribution in [2.24, 2.45) is 11.8 Å². The number of carboxylic acid groups (broad SMARTS) is 1. The quantitative estimate of drug-likeness (QED) is 0.578. The molecule has 1 fully saturated rings. The fraction of sp³-hybridized carbons (Fsp3) is 0.857. The Morgan fingerprint density at radius 1 is 1.40 bits per heavy atom. The van der Waals surface area contributed by atoms with E-state index in [4.69, 9.17) is 9.84 Å². The maximum absolute atomic E-state index is 11.7. The summed E-state index contributed by atoms with van der Waals surface area (Å²) < 4.78 is 5.53. The zero-order valence-corrected chi connectivity index (χ0v) is 12.6. The van der Waals surface area contributed by atoms with E-state index in [2.05, 4.69) is 10.6 Å². The molecular weight excluding hydrogens is 260 g/mol. The van der Waals surface area contributed by atoms with Crippen LogP contribution in [0.15, 0.2) is 0 Å². The third-order valence-corrected chi connectivity index (χ3v) is 3.41. The van der Waals surface area contributed by atoms with E-state index in [0.717, 1.165) is 19.5 Å². The molecule has 1 rings (SSSR count). The molecule has 0 aromatic carbocycles. The van der Waals surface area contributed by atoms with Gasteiger partial charge in [-0.25, -0.2) is 0 Å². The van der Waals surface area contributed by atoms with Crippen LogP contribution in [0.3, 0.4) is 0 Å². The first kappa shape index (κ1) is 16.9. The van der Waals surface area contributed by atoms with E-state index in [-0.39, 0.29) is 30.5 Å². The van der Waals surface area contributed by atoms with Crippen molar-refractivity contribution in [2.45, 2.75) is 39.2 Å². The Labute approximate surface area is 120 Å². The van der Waals surface area contributed by atoms with Crippen LogP contribution in [-0.2, 0) is 14.3 Å². The molecule has 1 heterocycles. The lowest BCUT2D eigenvalue weighted by Crippen LogP contribution is -2.59. The first-order chi connectivity index (χ1) is 9.31. The molecule has 6 nitrogen and oxygen atoms in total. The molecule has 1 amide bonds. The van der Waals surface area contributed by atoms with Gasteiger partial charge in [-0.2, -0.15) is 0 Å². The van der Waals surface area contributed by atoms with Gasteiger partial charge in [0.1, 0.15) is 6.61 Å². The van der Waals surface area contributed by atoms with Crippen LogP contribution in [0.25, 0.3) is 0 Å². The number of carbonyl (C=O) groups excluding carboxylic acids is 1.